The summed E-state index contributed by atoms with van der Waals surface area (Å²) in [5.74, 6) is -0.381. The largest absolute Gasteiger partial charge is 0.320 e. The van der Waals surface area contributed by atoms with Crippen LogP contribution in [0, 0.1) is 10.1 Å². The fourth-order valence-corrected chi connectivity index (χ4v) is 2.61. The van der Waals surface area contributed by atoms with Gasteiger partial charge in [0.25, 0.3) is 11.6 Å². The lowest BCUT2D eigenvalue weighted by Gasteiger charge is -2.22. The van der Waals surface area contributed by atoms with Crippen molar-refractivity contribution in [1.82, 2.24) is 15.1 Å². The zero-order valence-corrected chi connectivity index (χ0v) is 13.7. The number of nitrogens with one attached hydrogen (secondary N) is 2. The highest BCUT2D eigenvalue weighted by atomic mass is 35.5. The molecule has 2 N–H and O–H groups in total. The van der Waals surface area contributed by atoms with Crippen LogP contribution in [0.3, 0.4) is 0 Å². The number of carbonyl (C=O) groups excluding carboxylic acids is 1. The summed E-state index contributed by atoms with van der Waals surface area (Å²) in [6, 6.07) is 7.73. The molecule has 24 heavy (non-hydrogen) atoms. The average molecular weight is 352 g/mol. The number of nitro benzene ring substituents is 1. The van der Waals surface area contributed by atoms with Crippen LogP contribution < -0.4 is 10.6 Å². The molecular formula is C15H18ClN5O3. The number of aromatic nitrogens is 2. The number of nitro groups is 1. The van der Waals surface area contributed by atoms with Crippen molar-refractivity contribution in [2.24, 2.45) is 0 Å². The van der Waals surface area contributed by atoms with Crippen molar-refractivity contribution in [3.8, 4) is 0 Å². The number of piperidine rings is 1. The normalized spacial score (nSPS) is 16.9. The second-order valence-corrected chi connectivity index (χ2v) is 5.44. The highest BCUT2D eigenvalue weighted by molar-refractivity contribution is 6.02. The number of nitrogens with zero attached hydrogens (tertiary/aromatic N) is 3. The summed E-state index contributed by atoms with van der Waals surface area (Å²) in [7, 11) is 0. The van der Waals surface area contributed by atoms with Gasteiger partial charge in [0.1, 0.15) is 0 Å². The quantitative estimate of drug-likeness (QED) is 0.650. The number of hydrogen-bond donors (Lipinski definition) is 2. The number of halogens is 1. The molecule has 1 aromatic heterocycles. The molecule has 1 aliphatic rings. The Balaban J connectivity index is 0.00000208. The van der Waals surface area contributed by atoms with Crippen LogP contribution in [0.25, 0.3) is 0 Å². The molecule has 1 fully saturated rings. The van der Waals surface area contributed by atoms with Gasteiger partial charge >= 0.3 is 0 Å². The number of carbonyl (C=O) groups is 1. The van der Waals surface area contributed by atoms with Gasteiger partial charge in [0, 0.05) is 30.6 Å². The molecule has 128 valence electrons. The fraction of sp³-hybridized carbons (Fsp3) is 0.333. The average Bonchev–Trinajstić information content (AvgIpc) is 3.06. The van der Waals surface area contributed by atoms with Gasteiger partial charge in [-0.25, -0.2) is 0 Å². The maximum Gasteiger partial charge on any atom is 0.276 e. The summed E-state index contributed by atoms with van der Waals surface area (Å²) in [6.07, 6.45) is 3.90. The zero-order chi connectivity index (χ0) is 16.2. The number of rotatable bonds is 4. The first-order chi connectivity index (χ1) is 11.1. The van der Waals surface area contributed by atoms with Gasteiger partial charge in [-0.15, -0.1) is 12.4 Å². The van der Waals surface area contributed by atoms with Crippen molar-refractivity contribution in [3.63, 3.8) is 0 Å². The minimum atomic E-state index is -0.500. The van der Waals surface area contributed by atoms with Crippen molar-refractivity contribution in [1.29, 1.82) is 0 Å². The van der Waals surface area contributed by atoms with Crippen LogP contribution >= 0.6 is 12.4 Å². The van der Waals surface area contributed by atoms with Crippen LogP contribution in [0.1, 0.15) is 29.4 Å². The van der Waals surface area contributed by atoms with E-state index in [1.165, 1.54) is 18.2 Å². The molecule has 8 nitrogen and oxygen atoms in total. The summed E-state index contributed by atoms with van der Waals surface area (Å²) in [6.45, 7) is 1.85. The first-order valence-electron chi connectivity index (χ1n) is 7.45. The van der Waals surface area contributed by atoms with Crippen LogP contribution in [-0.4, -0.2) is 33.7 Å². The number of hydrogen-bond acceptors (Lipinski definition) is 5. The van der Waals surface area contributed by atoms with E-state index in [0.29, 0.717) is 11.4 Å². The molecule has 0 aliphatic carbocycles. The highest BCUT2D eigenvalue weighted by Gasteiger charge is 2.18. The Morgan fingerprint density at radius 2 is 2.25 bits per heavy atom. The summed E-state index contributed by atoms with van der Waals surface area (Å²) in [5.41, 5.74) is 0.599. The summed E-state index contributed by atoms with van der Waals surface area (Å²) in [5, 5.41) is 21.0. The van der Waals surface area contributed by atoms with Crippen molar-refractivity contribution in [2.75, 3.05) is 18.4 Å². The number of amides is 1. The first kappa shape index (κ1) is 17.9. The van der Waals surface area contributed by atoms with Crippen molar-refractivity contribution >= 4 is 29.7 Å². The van der Waals surface area contributed by atoms with Crippen molar-refractivity contribution in [2.45, 2.75) is 18.9 Å². The Hall–Kier alpha value is -2.45. The van der Waals surface area contributed by atoms with E-state index in [1.54, 1.807) is 23.0 Å². The Kier molecular flexibility index (Phi) is 5.88. The minimum absolute atomic E-state index is 0. The van der Waals surface area contributed by atoms with E-state index >= 15 is 0 Å². The van der Waals surface area contributed by atoms with Gasteiger partial charge in [0.2, 0.25) is 0 Å². The van der Waals surface area contributed by atoms with Gasteiger partial charge in [0.15, 0.2) is 5.69 Å². The van der Waals surface area contributed by atoms with Gasteiger partial charge in [-0.1, -0.05) is 6.07 Å². The smallest absolute Gasteiger partial charge is 0.276 e. The lowest BCUT2D eigenvalue weighted by molar-refractivity contribution is -0.384. The molecule has 0 radical (unpaired) electrons. The Morgan fingerprint density at radius 3 is 2.96 bits per heavy atom. The van der Waals surface area contributed by atoms with Gasteiger partial charge in [-0.05, 0) is 31.5 Å². The second-order valence-electron chi connectivity index (χ2n) is 5.44. The lowest BCUT2D eigenvalue weighted by Crippen LogP contribution is -2.32. The maximum atomic E-state index is 12.2. The number of non-ortho nitro benzene ring substituents is 1. The van der Waals surface area contributed by atoms with Crippen LogP contribution in [0.2, 0.25) is 0 Å². The van der Waals surface area contributed by atoms with E-state index in [9.17, 15) is 14.9 Å². The maximum absolute atomic E-state index is 12.2. The predicted octanol–water partition coefficient (Wildman–Crippen LogP) is 2.39. The first-order valence-corrected chi connectivity index (χ1v) is 7.45. The fourth-order valence-electron chi connectivity index (χ4n) is 2.61. The lowest BCUT2D eigenvalue weighted by atomic mass is 10.1. The molecule has 2 aromatic rings. The molecule has 1 aromatic carbocycles. The minimum Gasteiger partial charge on any atom is -0.320 e. The third-order valence-corrected chi connectivity index (χ3v) is 3.80. The van der Waals surface area contributed by atoms with E-state index in [1.807, 2.05) is 0 Å². The molecule has 0 spiro atoms. The molecule has 2 heterocycles. The van der Waals surface area contributed by atoms with Crippen LogP contribution in [0.4, 0.5) is 11.4 Å². The van der Waals surface area contributed by atoms with Crippen LogP contribution in [-0.2, 0) is 0 Å². The third kappa shape index (κ3) is 4.09. The molecule has 1 amide bonds. The van der Waals surface area contributed by atoms with Gasteiger partial charge < -0.3 is 10.6 Å². The molecule has 1 aliphatic heterocycles. The molecule has 1 unspecified atom stereocenters. The van der Waals surface area contributed by atoms with Gasteiger partial charge in [-0.3, -0.25) is 19.6 Å². The monoisotopic (exact) mass is 351 g/mol. The molecule has 0 bridgehead atoms. The van der Waals surface area contributed by atoms with Crippen LogP contribution in [0.5, 0.6) is 0 Å². The third-order valence-electron chi connectivity index (χ3n) is 3.80. The Labute approximate surface area is 144 Å². The van der Waals surface area contributed by atoms with Gasteiger partial charge in [0.05, 0.1) is 11.0 Å². The van der Waals surface area contributed by atoms with E-state index in [0.717, 1.165) is 25.9 Å². The van der Waals surface area contributed by atoms with Gasteiger partial charge in [-0.2, -0.15) is 5.10 Å². The van der Waals surface area contributed by atoms with E-state index in [-0.39, 0.29) is 30.0 Å². The number of anilines is 1. The molecule has 1 saturated heterocycles. The molecule has 9 heteroatoms. The van der Waals surface area contributed by atoms with E-state index in [4.69, 9.17) is 0 Å². The topological polar surface area (TPSA) is 102 Å². The van der Waals surface area contributed by atoms with Crippen molar-refractivity contribution < 1.29 is 9.72 Å². The zero-order valence-electron chi connectivity index (χ0n) is 12.8. The number of benzene rings is 1. The SMILES string of the molecule is Cl.O=C(Nc1cccc([N+](=O)[O-])c1)c1ccn(C2CCCNC2)n1. The molecule has 3 rings (SSSR count). The van der Waals surface area contributed by atoms with E-state index < -0.39 is 4.92 Å². The standard InChI is InChI=1S/C15H17N5O3.ClH/c21-15(17-11-3-1-4-12(9-11)20(22)23)14-6-8-19(18-14)13-5-2-7-16-10-13;/h1,3-4,6,8-9,13,16H,2,5,7,10H2,(H,17,21);1H. The highest BCUT2D eigenvalue weighted by Crippen LogP contribution is 2.19. The van der Waals surface area contributed by atoms with Crippen LogP contribution in [0.15, 0.2) is 36.5 Å². The predicted molar refractivity (Wildman–Crippen MR) is 91.7 cm³/mol. The summed E-state index contributed by atoms with van der Waals surface area (Å²) in [4.78, 5) is 22.5. The Bertz CT molecular complexity index is 727. The molecule has 1 atom stereocenters. The summed E-state index contributed by atoms with van der Waals surface area (Å²) >= 11 is 0. The second kappa shape index (κ2) is 7.89. The molecule has 0 saturated carbocycles. The Morgan fingerprint density at radius 1 is 1.42 bits per heavy atom. The van der Waals surface area contributed by atoms with E-state index in [2.05, 4.69) is 15.7 Å². The summed E-state index contributed by atoms with van der Waals surface area (Å²) < 4.78 is 1.80. The molecular weight excluding hydrogens is 334 g/mol. The van der Waals surface area contributed by atoms with Crippen molar-refractivity contribution in [3.05, 3.63) is 52.3 Å².